The van der Waals surface area contributed by atoms with Crippen LogP contribution in [0.25, 0.3) is 0 Å². The summed E-state index contributed by atoms with van der Waals surface area (Å²) in [4.78, 5) is 11.8. The van der Waals surface area contributed by atoms with E-state index in [1.165, 1.54) is 0 Å². The van der Waals surface area contributed by atoms with Gasteiger partial charge in [-0.3, -0.25) is 9.00 Å². The molecule has 0 N–H and O–H groups in total. The lowest BCUT2D eigenvalue weighted by molar-refractivity contribution is 0.0982. The number of carbonyl (C=O) groups excluding carboxylic acids is 1. The van der Waals surface area contributed by atoms with Crippen molar-refractivity contribution in [3.63, 3.8) is 0 Å². The Balaban J connectivity index is 2.26. The highest BCUT2D eigenvalue weighted by molar-refractivity contribution is 7.84. The topological polar surface area (TPSA) is 34.1 Å². The molecule has 2 nitrogen and oxygen atoms in total. The molecule has 0 saturated carbocycles. The Labute approximate surface area is 112 Å². The number of hydrogen-bond acceptors (Lipinski definition) is 2. The highest BCUT2D eigenvalue weighted by Crippen LogP contribution is 2.08. The molecule has 1 aromatic carbocycles. The molecule has 2 atom stereocenters. The minimum absolute atomic E-state index is 0.149. The number of Topliss-reactive ketones (excluding diaryl/α,β-unsaturated/α-hetero) is 1. The quantitative estimate of drug-likeness (QED) is 0.675. The van der Waals surface area contributed by atoms with E-state index in [4.69, 9.17) is 0 Å². The third-order valence-corrected chi connectivity index (χ3v) is 4.72. The van der Waals surface area contributed by atoms with E-state index < -0.39 is 10.8 Å². The number of rotatable bonds is 8. The van der Waals surface area contributed by atoms with Gasteiger partial charge >= 0.3 is 0 Å². The summed E-state index contributed by atoms with van der Waals surface area (Å²) >= 11 is 0. The zero-order chi connectivity index (χ0) is 13.4. The maximum atomic E-state index is 11.8. The van der Waals surface area contributed by atoms with Crippen LogP contribution in [0.3, 0.4) is 0 Å². The van der Waals surface area contributed by atoms with Crippen molar-refractivity contribution >= 4 is 16.6 Å². The van der Waals surface area contributed by atoms with Crippen LogP contribution in [0, 0.1) is 5.92 Å². The van der Waals surface area contributed by atoms with Crippen molar-refractivity contribution in [1.82, 2.24) is 0 Å². The molecule has 3 heteroatoms. The molecule has 1 rings (SSSR count). The Morgan fingerprint density at radius 1 is 1.28 bits per heavy atom. The van der Waals surface area contributed by atoms with E-state index in [1.807, 2.05) is 30.3 Å². The molecule has 2 unspecified atom stereocenters. The summed E-state index contributed by atoms with van der Waals surface area (Å²) in [5.41, 5.74) is 0.755. The van der Waals surface area contributed by atoms with Crippen LogP contribution in [0.5, 0.6) is 0 Å². The van der Waals surface area contributed by atoms with Crippen LogP contribution in [0.15, 0.2) is 30.3 Å². The van der Waals surface area contributed by atoms with Gasteiger partial charge in [-0.2, -0.15) is 0 Å². The summed E-state index contributed by atoms with van der Waals surface area (Å²) in [5, 5.41) is 0. The highest BCUT2D eigenvalue weighted by atomic mass is 32.2. The summed E-state index contributed by atoms with van der Waals surface area (Å²) in [7, 11) is -0.775. The van der Waals surface area contributed by atoms with Crippen molar-refractivity contribution in [3.05, 3.63) is 35.9 Å². The Hall–Kier alpha value is -0.960. The molecule has 0 aromatic heterocycles. The molecule has 0 aliphatic carbocycles. The van der Waals surface area contributed by atoms with Crippen LogP contribution in [-0.4, -0.2) is 21.5 Å². The fourth-order valence-electron chi connectivity index (χ4n) is 1.68. The van der Waals surface area contributed by atoms with Gasteiger partial charge < -0.3 is 0 Å². The monoisotopic (exact) mass is 266 g/mol. The Morgan fingerprint density at radius 2 is 1.94 bits per heavy atom. The molecular formula is C15H22O2S. The minimum Gasteiger partial charge on any atom is -0.294 e. The van der Waals surface area contributed by atoms with Crippen molar-refractivity contribution in [2.24, 2.45) is 5.92 Å². The second kappa shape index (κ2) is 8.20. The standard InChI is InChI=1S/C15H22O2S/c1-3-13(2)12-18(17)11-7-10-15(16)14-8-5-4-6-9-14/h4-6,8-9,13H,3,7,10-12H2,1-2H3. The van der Waals surface area contributed by atoms with E-state index in [0.29, 0.717) is 18.1 Å². The minimum atomic E-state index is -0.775. The van der Waals surface area contributed by atoms with Crippen molar-refractivity contribution in [1.29, 1.82) is 0 Å². The molecule has 100 valence electrons. The first-order chi connectivity index (χ1) is 8.63. The Bertz CT molecular complexity index is 387. The molecule has 18 heavy (non-hydrogen) atoms. The summed E-state index contributed by atoms with van der Waals surface area (Å²) in [6.45, 7) is 4.23. The van der Waals surface area contributed by atoms with Gasteiger partial charge in [-0.05, 0) is 12.3 Å². The molecule has 0 radical (unpaired) electrons. The molecule has 0 aliphatic rings. The molecule has 0 heterocycles. The molecule has 0 fully saturated rings. The number of ketones is 1. The maximum Gasteiger partial charge on any atom is 0.162 e. The summed E-state index contributed by atoms with van der Waals surface area (Å²) < 4.78 is 11.7. The summed E-state index contributed by atoms with van der Waals surface area (Å²) in [5.74, 6) is 2.06. The average Bonchev–Trinajstić information content (AvgIpc) is 2.39. The van der Waals surface area contributed by atoms with E-state index >= 15 is 0 Å². The predicted molar refractivity (Wildman–Crippen MR) is 77.3 cm³/mol. The summed E-state index contributed by atoms with van der Waals surface area (Å²) in [6, 6.07) is 9.30. The fourth-order valence-corrected chi connectivity index (χ4v) is 3.18. The predicted octanol–water partition coefficient (Wildman–Crippen LogP) is 3.44. The van der Waals surface area contributed by atoms with Gasteiger partial charge in [-0.25, -0.2) is 0 Å². The average molecular weight is 266 g/mol. The van der Waals surface area contributed by atoms with Crippen LogP contribution in [0.1, 0.15) is 43.5 Å². The third kappa shape index (κ3) is 5.58. The first kappa shape index (κ1) is 15.1. The second-order valence-corrected chi connectivity index (χ2v) is 6.34. The number of carbonyl (C=O) groups is 1. The molecule has 0 spiro atoms. The zero-order valence-corrected chi connectivity index (χ0v) is 12.0. The summed E-state index contributed by atoms with van der Waals surface area (Å²) in [6.07, 6.45) is 2.28. The lowest BCUT2D eigenvalue weighted by atomic mass is 10.1. The molecular weight excluding hydrogens is 244 g/mol. The van der Waals surface area contributed by atoms with E-state index in [0.717, 1.165) is 24.2 Å². The van der Waals surface area contributed by atoms with Gasteiger partial charge in [0, 0.05) is 34.3 Å². The van der Waals surface area contributed by atoms with Gasteiger partial charge in [0.05, 0.1) is 0 Å². The van der Waals surface area contributed by atoms with Crippen LogP contribution in [-0.2, 0) is 10.8 Å². The van der Waals surface area contributed by atoms with Crippen molar-refractivity contribution in [2.75, 3.05) is 11.5 Å². The van der Waals surface area contributed by atoms with E-state index in [-0.39, 0.29) is 5.78 Å². The van der Waals surface area contributed by atoms with Gasteiger partial charge in [-0.15, -0.1) is 0 Å². The molecule has 0 amide bonds. The van der Waals surface area contributed by atoms with Gasteiger partial charge in [0.1, 0.15) is 0 Å². The van der Waals surface area contributed by atoms with Gasteiger partial charge in [-0.1, -0.05) is 50.6 Å². The zero-order valence-electron chi connectivity index (χ0n) is 11.2. The lowest BCUT2D eigenvalue weighted by Crippen LogP contribution is -2.11. The van der Waals surface area contributed by atoms with Gasteiger partial charge in [0.2, 0.25) is 0 Å². The van der Waals surface area contributed by atoms with E-state index in [1.54, 1.807) is 0 Å². The van der Waals surface area contributed by atoms with Crippen LogP contribution < -0.4 is 0 Å². The molecule has 0 aliphatic heterocycles. The van der Waals surface area contributed by atoms with Crippen molar-refractivity contribution in [2.45, 2.75) is 33.1 Å². The van der Waals surface area contributed by atoms with Crippen molar-refractivity contribution < 1.29 is 9.00 Å². The van der Waals surface area contributed by atoms with Crippen LogP contribution in [0.4, 0.5) is 0 Å². The maximum absolute atomic E-state index is 11.8. The lowest BCUT2D eigenvalue weighted by Gasteiger charge is -2.07. The smallest absolute Gasteiger partial charge is 0.162 e. The number of hydrogen-bond donors (Lipinski definition) is 0. The normalized spacial score (nSPS) is 14.1. The first-order valence-corrected chi connectivity index (χ1v) is 8.05. The fraction of sp³-hybridized carbons (Fsp3) is 0.533. The largest absolute Gasteiger partial charge is 0.294 e. The Kier molecular flexibility index (Phi) is 6.88. The molecule has 0 saturated heterocycles. The molecule has 1 aromatic rings. The molecule has 0 bridgehead atoms. The first-order valence-electron chi connectivity index (χ1n) is 6.56. The van der Waals surface area contributed by atoms with E-state index in [9.17, 15) is 9.00 Å². The second-order valence-electron chi connectivity index (χ2n) is 4.72. The van der Waals surface area contributed by atoms with Crippen molar-refractivity contribution in [3.8, 4) is 0 Å². The highest BCUT2D eigenvalue weighted by Gasteiger charge is 2.08. The number of benzene rings is 1. The third-order valence-electron chi connectivity index (χ3n) is 3.04. The van der Waals surface area contributed by atoms with Crippen LogP contribution in [0.2, 0.25) is 0 Å². The van der Waals surface area contributed by atoms with Crippen LogP contribution >= 0.6 is 0 Å². The Morgan fingerprint density at radius 3 is 2.56 bits per heavy atom. The SMILES string of the molecule is CCC(C)CS(=O)CCCC(=O)c1ccccc1. The van der Waals surface area contributed by atoms with Gasteiger partial charge in [0.15, 0.2) is 5.78 Å². The van der Waals surface area contributed by atoms with Gasteiger partial charge in [0.25, 0.3) is 0 Å². The van der Waals surface area contributed by atoms with E-state index in [2.05, 4.69) is 13.8 Å².